The van der Waals surface area contributed by atoms with Crippen LogP contribution in [0.3, 0.4) is 0 Å². The standard InChI is InChI=1S/C53H96O6/c1-4-7-10-13-16-19-22-24-25-26-27-28-30-31-34-37-40-43-46-52(55)58-49-50(48-57-51(54)45-42-39-36-33-21-18-15-12-9-6-3)59-53(56)47-44-41-38-35-32-29-23-20-17-14-11-8-5-2/h27-29,32,38,41,50H,4-26,30-31,33-37,39-40,42-49H2,1-3H3/b28-27-,32-29-,41-38-. The lowest BCUT2D eigenvalue weighted by Gasteiger charge is -2.18. The summed E-state index contributed by atoms with van der Waals surface area (Å²) >= 11 is 0. The molecule has 59 heavy (non-hydrogen) atoms. The van der Waals surface area contributed by atoms with Gasteiger partial charge in [0.15, 0.2) is 6.10 Å². The van der Waals surface area contributed by atoms with Crippen molar-refractivity contribution in [3.8, 4) is 0 Å². The topological polar surface area (TPSA) is 78.9 Å². The summed E-state index contributed by atoms with van der Waals surface area (Å²) in [5.74, 6) is -0.966. The zero-order valence-corrected chi connectivity index (χ0v) is 39.3. The minimum Gasteiger partial charge on any atom is -0.462 e. The van der Waals surface area contributed by atoms with E-state index in [1.165, 1.54) is 161 Å². The number of esters is 3. The van der Waals surface area contributed by atoms with Crippen LogP contribution in [-0.2, 0) is 28.6 Å². The highest BCUT2D eigenvalue weighted by molar-refractivity contribution is 5.71. The van der Waals surface area contributed by atoms with E-state index in [0.29, 0.717) is 19.3 Å². The molecule has 0 amide bonds. The molecular formula is C53H96O6. The van der Waals surface area contributed by atoms with E-state index < -0.39 is 6.10 Å². The maximum Gasteiger partial charge on any atom is 0.306 e. The Morgan fingerprint density at radius 2 is 0.644 bits per heavy atom. The van der Waals surface area contributed by atoms with Crippen LogP contribution >= 0.6 is 0 Å². The van der Waals surface area contributed by atoms with Crippen LogP contribution in [0.4, 0.5) is 0 Å². The summed E-state index contributed by atoms with van der Waals surface area (Å²) in [5, 5.41) is 0. The average Bonchev–Trinajstić information content (AvgIpc) is 3.23. The molecule has 0 aliphatic rings. The van der Waals surface area contributed by atoms with Gasteiger partial charge >= 0.3 is 17.9 Å². The maximum atomic E-state index is 12.7. The van der Waals surface area contributed by atoms with Gasteiger partial charge in [-0.2, -0.15) is 0 Å². The Morgan fingerprint density at radius 3 is 1.02 bits per heavy atom. The van der Waals surface area contributed by atoms with Crippen molar-refractivity contribution in [2.45, 2.75) is 271 Å². The summed E-state index contributed by atoms with van der Waals surface area (Å²) in [6.45, 7) is 6.57. The number of unbranched alkanes of at least 4 members (excludes halogenated alkanes) is 29. The Hall–Kier alpha value is -2.37. The minimum atomic E-state index is -0.801. The van der Waals surface area contributed by atoms with Gasteiger partial charge in [0.2, 0.25) is 0 Å². The Balaban J connectivity index is 4.37. The van der Waals surface area contributed by atoms with E-state index in [-0.39, 0.29) is 37.5 Å². The monoisotopic (exact) mass is 829 g/mol. The fourth-order valence-corrected chi connectivity index (χ4v) is 7.25. The Kier molecular flexibility index (Phi) is 46.4. The van der Waals surface area contributed by atoms with Gasteiger partial charge in [-0.15, -0.1) is 0 Å². The van der Waals surface area contributed by atoms with E-state index in [0.717, 1.165) is 57.8 Å². The van der Waals surface area contributed by atoms with Gasteiger partial charge in [-0.3, -0.25) is 14.4 Å². The number of allylic oxidation sites excluding steroid dienone is 6. The van der Waals surface area contributed by atoms with Gasteiger partial charge in [0, 0.05) is 19.3 Å². The smallest absolute Gasteiger partial charge is 0.306 e. The van der Waals surface area contributed by atoms with Crippen molar-refractivity contribution in [1.29, 1.82) is 0 Å². The summed E-state index contributed by atoms with van der Waals surface area (Å²) < 4.78 is 16.7. The van der Waals surface area contributed by atoms with Crippen LogP contribution < -0.4 is 0 Å². The van der Waals surface area contributed by atoms with Crippen LogP contribution in [-0.4, -0.2) is 37.2 Å². The van der Waals surface area contributed by atoms with E-state index in [4.69, 9.17) is 14.2 Å². The van der Waals surface area contributed by atoms with E-state index in [2.05, 4.69) is 51.2 Å². The molecule has 0 heterocycles. The first-order chi connectivity index (χ1) is 29.0. The molecule has 6 nitrogen and oxygen atoms in total. The minimum absolute atomic E-state index is 0.0948. The van der Waals surface area contributed by atoms with Gasteiger partial charge in [0.1, 0.15) is 13.2 Å². The third-order valence-electron chi connectivity index (χ3n) is 11.1. The van der Waals surface area contributed by atoms with Crippen molar-refractivity contribution >= 4 is 17.9 Å². The fourth-order valence-electron chi connectivity index (χ4n) is 7.25. The quantitative estimate of drug-likeness (QED) is 0.0263. The van der Waals surface area contributed by atoms with Gasteiger partial charge in [0.25, 0.3) is 0 Å². The van der Waals surface area contributed by atoms with E-state index in [1.54, 1.807) is 0 Å². The summed E-state index contributed by atoms with van der Waals surface area (Å²) in [7, 11) is 0. The molecule has 344 valence electrons. The lowest BCUT2D eigenvalue weighted by molar-refractivity contribution is -0.166. The Bertz CT molecular complexity index is 1000. The molecule has 0 aliphatic carbocycles. The molecular weight excluding hydrogens is 733 g/mol. The van der Waals surface area contributed by atoms with Crippen LogP contribution in [0.15, 0.2) is 36.5 Å². The zero-order valence-electron chi connectivity index (χ0n) is 39.3. The highest BCUT2D eigenvalue weighted by Crippen LogP contribution is 2.14. The summed E-state index contributed by atoms with van der Waals surface area (Å²) in [6, 6.07) is 0. The molecule has 0 radical (unpaired) electrons. The van der Waals surface area contributed by atoms with Crippen LogP contribution in [0.25, 0.3) is 0 Å². The Morgan fingerprint density at radius 1 is 0.339 bits per heavy atom. The molecule has 0 fully saturated rings. The highest BCUT2D eigenvalue weighted by atomic mass is 16.6. The SMILES string of the molecule is CCCCCCCC/C=C\C/C=C\CCC(=O)OC(COC(=O)CCCCCCC/C=C\CCCCCCCCCCC)COC(=O)CCCCCCCCCCCC. The number of carbonyl (C=O) groups excluding carboxylic acids is 3. The molecule has 1 atom stereocenters. The molecule has 0 bridgehead atoms. The summed E-state index contributed by atoms with van der Waals surface area (Å²) in [6.07, 6.45) is 55.7. The maximum absolute atomic E-state index is 12.7. The van der Waals surface area contributed by atoms with Crippen molar-refractivity contribution in [3.63, 3.8) is 0 Å². The predicted octanol–water partition coefficient (Wildman–Crippen LogP) is 16.5. The summed E-state index contributed by atoms with van der Waals surface area (Å²) in [5.41, 5.74) is 0. The van der Waals surface area contributed by atoms with Gasteiger partial charge in [-0.05, 0) is 64.2 Å². The number of hydrogen-bond donors (Lipinski definition) is 0. The van der Waals surface area contributed by atoms with E-state index in [1.807, 2.05) is 6.08 Å². The second-order valence-corrected chi connectivity index (χ2v) is 17.1. The molecule has 0 saturated heterocycles. The van der Waals surface area contributed by atoms with Crippen LogP contribution in [0.5, 0.6) is 0 Å². The normalized spacial score (nSPS) is 12.3. The molecule has 0 aromatic heterocycles. The largest absolute Gasteiger partial charge is 0.462 e. The first-order valence-electron chi connectivity index (χ1n) is 25.5. The van der Waals surface area contributed by atoms with Gasteiger partial charge in [-0.25, -0.2) is 0 Å². The molecule has 0 saturated carbocycles. The Labute approximate surface area is 365 Å². The van der Waals surface area contributed by atoms with Gasteiger partial charge in [0.05, 0.1) is 0 Å². The van der Waals surface area contributed by atoms with Crippen molar-refractivity contribution < 1.29 is 28.6 Å². The van der Waals surface area contributed by atoms with Crippen LogP contribution in [0.2, 0.25) is 0 Å². The second-order valence-electron chi connectivity index (χ2n) is 17.1. The molecule has 0 aromatic carbocycles. The molecule has 1 unspecified atom stereocenters. The third-order valence-corrected chi connectivity index (χ3v) is 11.1. The number of rotatable bonds is 46. The lowest BCUT2D eigenvalue weighted by Crippen LogP contribution is -2.30. The summed E-state index contributed by atoms with van der Waals surface area (Å²) in [4.78, 5) is 37.8. The highest BCUT2D eigenvalue weighted by Gasteiger charge is 2.19. The van der Waals surface area contributed by atoms with Gasteiger partial charge < -0.3 is 14.2 Å². The molecule has 0 aromatic rings. The number of ether oxygens (including phenoxy) is 3. The fraction of sp³-hybridized carbons (Fsp3) is 0.830. The molecule has 0 aliphatic heterocycles. The zero-order chi connectivity index (χ0) is 43.0. The molecule has 6 heteroatoms. The van der Waals surface area contributed by atoms with Crippen LogP contribution in [0.1, 0.15) is 265 Å². The molecule has 0 N–H and O–H groups in total. The first kappa shape index (κ1) is 56.6. The van der Waals surface area contributed by atoms with Crippen molar-refractivity contribution in [1.82, 2.24) is 0 Å². The number of carbonyl (C=O) groups is 3. The third kappa shape index (κ3) is 46.5. The van der Waals surface area contributed by atoms with Crippen molar-refractivity contribution in [2.24, 2.45) is 0 Å². The van der Waals surface area contributed by atoms with Crippen molar-refractivity contribution in [3.05, 3.63) is 36.5 Å². The van der Waals surface area contributed by atoms with E-state index >= 15 is 0 Å². The average molecular weight is 829 g/mol. The second kappa shape index (κ2) is 48.3. The van der Waals surface area contributed by atoms with Gasteiger partial charge in [-0.1, -0.05) is 218 Å². The van der Waals surface area contributed by atoms with Crippen LogP contribution in [0, 0.1) is 0 Å². The first-order valence-corrected chi connectivity index (χ1v) is 25.5. The predicted molar refractivity (Wildman–Crippen MR) is 252 cm³/mol. The number of hydrogen-bond acceptors (Lipinski definition) is 6. The molecule has 0 spiro atoms. The van der Waals surface area contributed by atoms with E-state index in [9.17, 15) is 14.4 Å². The molecule has 0 rings (SSSR count). The lowest BCUT2D eigenvalue weighted by atomic mass is 10.1. The van der Waals surface area contributed by atoms with Crippen molar-refractivity contribution in [2.75, 3.05) is 13.2 Å².